The van der Waals surface area contributed by atoms with Gasteiger partial charge in [0.15, 0.2) is 11.5 Å². The van der Waals surface area contributed by atoms with Crippen LogP contribution in [0, 0.1) is 11.8 Å². The van der Waals surface area contributed by atoms with E-state index in [4.69, 9.17) is 13.9 Å². The fourth-order valence-corrected chi connectivity index (χ4v) is 8.81. The van der Waals surface area contributed by atoms with Gasteiger partial charge in [-0.1, -0.05) is 44.2 Å². The Hall–Kier alpha value is -4.04. The minimum atomic E-state index is -0.458. The summed E-state index contributed by atoms with van der Waals surface area (Å²) in [5.41, 5.74) is 3.67. The van der Waals surface area contributed by atoms with Crippen molar-refractivity contribution in [2.24, 2.45) is 11.8 Å². The summed E-state index contributed by atoms with van der Waals surface area (Å²) in [5, 5.41) is 11.4. The lowest BCUT2D eigenvalue weighted by Crippen LogP contribution is -2.69. The topological polar surface area (TPSA) is 92.5 Å². The molecule has 1 N–H and O–H groups in total. The lowest BCUT2D eigenvalue weighted by Gasteiger charge is -2.60. The number of carbonyl (C=O) groups excluding carboxylic acids is 2. The molecule has 2 bridgehead atoms. The van der Waals surface area contributed by atoms with Gasteiger partial charge in [-0.25, -0.2) is 0 Å². The van der Waals surface area contributed by atoms with Gasteiger partial charge in [-0.15, -0.1) is 0 Å². The first-order valence-corrected chi connectivity index (χ1v) is 16.3. The van der Waals surface area contributed by atoms with Gasteiger partial charge in [-0.2, -0.15) is 0 Å². The highest BCUT2D eigenvalue weighted by Gasteiger charge is 2.67. The summed E-state index contributed by atoms with van der Waals surface area (Å²) < 4.78 is 17.8. The normalized spacial score (nSPS) is 26.5. The Morgan fingerprint density at radius 3 is 2.76 bits per heavy atom. The Bertz CT molecular complexity index is 1600. The number of aromatic hydroxyl groups is 1. The van der Waals surface area contributed by atoms with Crippen LogP contribution in [-0.4, -0.2) is 64.6 Å². The van der Waals surface area contributed by atoms with Crippen LogP contribution in [0.1, 0.15) is 62.3 Å². The molecule has 2 aliphatic carbocycles. The molecule has 4 aliphatic rings. The van der Waals surface area contributed by atoms with E-state index in [1.54, 1.807) is 30.7 Å². The Labute approximate surface area is 264 Å². The number of hydrogen-bond donors (Lipinski definition) is 1. The zero-order chi connectivity index (χ0) is 31.3. The number of hydrogen-bond acceptors (Lipinski definition) is 7. The number of benzene rings is 2. The first kappa shape index (κ1) is 29.7. The molecule has 3 heterocycles. The van der Waals surface area contributed by atoms with Gasteiger partial charge in [-0.3, -0.25) is 14.5 Å². The second-order valence-corrected chi connectivity index (χ2v) is 13.6. The second-order valence-electron chi connectivity index (χ2n) is 13.6. The molecule has 2 aliphatic heterocycles. The van der Waals surface area contributed by atoms with Crippen molar-refractivity contribution in [1.82, 2.24) is 9.80 Å². The highest BCUT2D eigenvalue weighted by atomic mass is 16.6. The van der Waals surface area contributed by atoms with Crippen molar-refractivity contribution in [2.45, 2.75) is 76.5 Å². The van der Waals surface area contributed by atoms with Crippen LogP contribution in [0.2, 0.25) is 0 Å². The van der Waals surface area contributed by atoms with Crippen LogP contribution < -0.4 is 9.47 Å². The van der Waals surface area contributed by atoms with Gasteiger partial charge < -0.3 is 23.9 Å². The second kappa shape index (κ2) is 11.7. The van der Waals surface area contributed by atoms with Crippen molar-refractivity contribution < 1.29 is 28.6 Å². The maximum Gasteiger partial charge on any atom is 0.308 e. The van der Waals surface area contributed by atoms with Crippen molar-refractivity contribution in [1.29, 1.82) is 0 Å². The number of amides is 1. The van der Waals surface area contributed by atoms with Crippen molar-refractivity contribution in [3.63, 3.8) is 0 Å². The summed E-state index contributed by atoms with van der Waals surface area (Å²) in [6.45, 7) is 8.07. The number of likely N-dealkylation sites (tertiary alicyclic amines) is 1. The molecular formula is C37H42N2O6. The van der Waals surface area contributed by atoms with Crippen molar-refractivity contribution in [3.05, 3.63) is 83.3 Å². The molecule has 1 spiro atoms. The predicted molar refractivity (Wildman–Crippen MR) is 170 cm³/mol. The number of nitrogens with zero attached hydrogens (tertiary/aromatic N) is 2. The number of rotatable bonds is 9. The minimum absolute atomic E-state index is 0.0553. The maximum atomic E-state index is 13.9. The van der Waals surface area contributed by atoms with Gasteiger partial charge in [0.25, 0.3) is 0 Å². The van der Waals surface area contributed by atoms with E-state index >= 15 is 0 Å². The largest absolute Gasteiger partial charge is 0.508 e. The van der Waals surface area contributed by atoms with Gasteiger partial charge in [0.2, 0.25) is 5.91 Å². The number of piperidine rings is 1. The molecule has 8 heteroatoms. The summed E-state index contributed by atoms with van der Waals surface area (Å²) >= 11 is 0. The number of phenols is 1. The quantitative estimate of drug-likeness (QED) is 0.187. The molecule has 5 atom stereocenters. The zero-order valence-corrected chi connectivity index (χ0v) is 26.3. The molecule has 7 rings (SSSR count). The SMILES string of the molecule is CC(=O)Oc1cc(O)c2c3c1O[C@@H]1[C@@H](N(CC(C)C)C(=O)C=Cc4ccoc4)CC[C@H]4[C@@H](C2)N(CCc2ccccc2)CC[C@]314. The van der Waals surface area contributed by atoms with E-state index in [0.29, 0.717) is 18.2 Å². The summed E-state index contributed by atoms with van der Waals surface area (Å²) in [4.78, 5) is 30.7. The Morgan fingerprint density at radius 1 is 1.20 bits per heavy atom. The summed E-state index contributed by atoms with van der Waals surface area (Å²) in [5.74, 6) is 1.03. The minimum Gasteiger partial charge on any atom is -0.508 e. The molecule has 45 heavy (non-hydrogen) atoms. The first-order valence-electron chi connectivity index (χ1n) is 16.3. The number of esters is 1. The van der Waals surface area contributed by atoms with Crippen molar-refractivity contribution in [2.75, 3.05) is 19.6 Å². The maximum absolute atomic E-state index is 13.9. The summed E-state index contributed by atoms with van der Waals surface area (Å²) in [6.07, 6.45) is 10.6. The molecule has 2 fully saturated rings. The number of carbonyl (C=O) groups is 2. The van der Waals surface area contributed by atoms with Crippen LogP contribution in [-0.2, 0) is 27.8 Å². The van der Waals surface area contributed by atoms with Crippen LogP contribution in [0.4, 0.5) is 0 Å². The highest BCUT2D eigenvalue weighted by molar-refractivity contribution is 5.92. The van der Waals surface area contributed by atoms with E-state index in [0.717, 1.165) is 61.9 Å². The molecule has 1 aromatic heterocycles. The van der Waals surface area contributed by atoms with Crippen LogP contribution >= 0.6 is 0 Å². The third-order valence-electron chi connectivity index (χ3n) is 10.5. The standard InChI is InChI=1S/C37H42N2O6/c1-23(2)21-39(33(42)12-9-26-14-18-43-22-26)29-11-10-28-30-19-27-31(41)20-32(44-24(3)40)35-34(27)37(28,36(29)45-35)15-17-38(30)16-13-25-7-5-4-6-8-25/h4-9,12,14,18,20,22-23,28-30,36,41H,10-11,13,15-17,19,21H2,1-3H3/t28-,29-,30+,36+,37-/m0/s1. The number of ether oxygens (including phenoxy) is 2. The van der Waals surface area contributed by atoms with E-state index < -0.39 is 11.4 Å². The van der Waals surface area contributed by atoms with Gasteiger partial charge in [0.05, 0.1) is 18.6 Å². The van der Waals surface area contributed by atoms with Gasteiger partial charge in [0.1, 0.15) is 11.9 Å². The molecule has 1 saturated carbocycles. The Balaban J connectivity index is 1.28. The van der Waals surface area contributed by atoms with E-state index in [1.165, 1.54) is 12.5 Å². The molecule has 0 unspecified atom stereocenters. The third kappa shape index (κ3) is 5.13. The van der Waals surface area contributed by atoms with Crippen LogP contribution in [0.15, 0.2) is 65.5 Å². The Kier molecular flexibility index (Phi) is 7.72. The van der Waals surface area contributed by atoms with E-state index in [1.807, 2.05) is 11.0 Å². The lowest BCUT2D eigenvalue weighted by atomic mass is 9.50. The number of furan rings is 1. The lowest BCUT2D eigenvalue weighted by molar-refractivity contribution is -0.138. The average Bonchev–Trinajstić information content (AvgIpc) is 3.66. The van der Waals surface area contributed by atoms with E-state index in [9.17, 15) is 14.7 Å². The van der Waals surface area contributed by atoms with Crippen LogP contribution in [0.3, 0.4) is 0 Å². The van der Waals surface area contributed by atoms with E-state index in [2.05, 4.69) is 49.1 Å². The zero-order valence-electron chi connectivity index (χ0n) is 26.3. The molecule has 1 amide bonds. The van der Waals surface area contributed by atoms with Crippen molar-refractivity contribution >= 4 is 18.0 Å². The molecule has 3 aromatic rings. The molecular weight excluding hydrogens is 568 g/mol. The van der Waals surface area contributed by atoms with Gasteiger partial charge in [-0.05, 0) is 68.2 Å². The fourth-order valence-electron chi connectivity index (χ4n) is 8.81. The third-order valence-corrected chi connectivity index (χ3v) is 10.5. The smallest absolute Gasteiger partial charge is 0.308 e. The fraction of sp³-hybridized carbons (Fsp3) is 0.459. The monoisotopic (exact) mass is 610 g/mol. The summed E-state index contributed by atoms with van der Waals surface area (Å²) in [7, 11) is 0. The van der Waals surface area contributed by atoms with Gasteiger partial charge in [0, 0.05) is 60.3 Å². The molecule has 236 valence electrons. The van der Waals surface area contributed by atoms with Crippen LogP contribution in [0.25, 0.3) is 6.08 Å². The molecule has 0 radical (unpaired) electrons. The summed E-state index contributed by atoms with van der Waals surface area (Å²) in [6, 6.07) is 14.1. The number of phenolic OH excluding ortho intramolecular Hbond substituents is 1. The molecule has 2 aromatic carbocycles. The van der Waals surface area contributed by atoms with Crippen LogP contribution in [0.5, 0.6) is 17.2 Å². The highest BCUT2D eigenvalue weighted by Crippen LogP contribution is 2.65. The first-order chi connectivity index (χ1) is 21.8. The molecule has 8 nitrogen and oxygen atoms in total. The molecule has 1 saturated heterocycles. The van der Waals surface area contributed by atoms with Crippen molar-refractivity contribution in [3.8, 4) is 17.2 Å². The van der Waals surface area contributed by atoms with E-state index in [-0.39, 0.29) is 41.5 Å². The average molecular weight is 611 g/mol. The Morgan fingerprint density at radius 2 is 2.02 bits per heavy atom. The predicted octanol–water partition coefficient (Wildman–Crippen LogP) is 5.76. The van der Waals surface area contributed by atoms with Gasteiger partial charge >= 0.3 is 5.97 Å².